The van der Waals surface area contributed by atoms with E-state index in [1.165, 1.54) is 35.3 Å². The van der Waals surface area contributed by atoms with Crippen LogP contribution >= 0.6 is 22.9 Å². The van der Waals surface area contributed by atoms with Gasteiger partial charge < -0.3 is 5.32 Å². The van der Waals surface area contributed by atoms with Crippen molar-refractivity contribution in [1.82, 2.24) is 10.3 Å². The lowest BCUT2D eigenvalue weighted by Gasteiger charge is -2.27. The van der Waals surface area contributed by atoms with Crippen molar-refractivity contribution in [2.24, 2.45) is 0 Å². The first kappa shape index (κ1) is 13.1. The molecule has 3 rings (SSSR count). The van der Waals surface area contributed by atoms with Gasteiger partial charge in [0.15, 0.2) is 0 Å². The molecule has 2 aromatic rings. The van der Waals surface area contributed by atoms with Crippen molar-refractivity contribution in [3.63, 3.8) is 0 Å². The zero-order valence-corrected chi connectivity index (χ0v) is 12.5. The lowest BCUT2D eigenvalue weighted by Crippen LogP contribution is -2.27. The van der Waals surface area contributed by atoms with Gasteiger partial charge in [0.05, 0.1) is 4.34 Å². The van der Waals surface area contributed by atoms with Crippen LogP contribution in [0.25, 0.3) is 0 Å². The van der Waals surface area contributed by atoms with Gasteiger partial charge in [-0.1, -0.05) is 17.7 Å². The molecule has 0 aromatic carbocycles. The molecule has 4 heteroatoms. The number of aromatic nitrogens is 1. The maximum absolute atomic E-state index is 6.15. The third-order valence-electron chi connectivity index (χ3n) is 3.72. The Morgan fingerprint density at radius 2 is 2.42 bits per heavy atom. The SMILES string of the molecule is C[C@@H](NC1CCCc2sc(Cl)cc21)c1cccnc1. The Hall–Kier alpha value is -0.900. The molecule has 2 nitrogen and oxygen atoms in total. The van der Waals surface area contributed by atoms with Crippen molar-refractivity contribution in [1.29, 1.82) is 0 Å². The molecule has 1 N–H and O–H groups in total. The molecular weight excluding hydrogens is 276 g/mol. The number of thiophene rings is 1. The number of nitrogens with zero attached hydrogens (tertiary/aromatic N) is 1. The van der Waals surface area contributed by atoms with Crippen LogP contribution in [0.5, 0.6) is 0 Å². The standard InChI is InChI=1S/C15H17ClN2S/c1-10(11-4-3-7-17-9-11)18-13-5-2-6-14-12(13)8-15(16)19-14/h3-4,7-10,13,18H,2,5-6H2,1H3/t10-,13?/m1/s1. The van der Waals surface area contributed by atoms with Crippen molar-refractivity contribution in [2.75, 3.05) is 0 Å². The first-order chi connectivity index (χ1) is 9.24. The van der Waals surface area contributed by atoms with Crippen LogP contribution in [-0.2, 0) is 6.42 Å². The van der Waals surface area contributed by atoms with Crippen molar-refractivity contribution in [3.05, 3.63) is 50.9 Å². The fourth-order valence-electron chi connectivity index (χ4n) is 2.72. The maximum Gasteiger partial charge on any atom is 0.0934 e. The average Bonchev–Trinajstić information content (AvgIpc) is 2.81. The van der Waals surface area contributed by atoms with Gasteiger partial charge in [0.1, 0.15) is 0 Å². The van der Waals surface area contributed by atoms with Crippen LogP contribution in [0.3, 0.4) is 0 Å². The summed E-state index contributed by atoms with van der Waals surface area (Å²) in [6.07, 6.45) is 7.34. The largest absolute Gasteiger partial charge is 0.303 e. The highest BCUT2D eigenvalue weighted by molar-refractivity contribution is 7.16. The van der Waals surface area contributed by atoms with Crippen molar-refractivity contribution >= 4 is 22.9 Å². The van der Waals surface area contributed by atoms with Gasteiger partial charge in [0.2, 0.25) is 0 Å². The summed E-state index contributed by atoms with van der Waals surface area (Å²) in [4.78, 5) is 5.64. The minimum Gasteiger partial charge on any atom is -0.303 e. The number of rotatable bonds is 3. The molecule has 2 atom stereocenters. The van der Waals surface area contributed by atoms with Gasteiger partial charge in [-0.15, -0.1) is 11.3 Å². The third kappa shape index (κ3) is 2.83. The molecule has 0 spiro atoms. The summed E-state index contributed by atoms with van der Waals surface area (Å²) in [6.45, 7) is 2.19. The molecule has 0 bridgehead atoms. The lowest BCUT2D eigenvalue weighted by molar-refractivity contribution is 0.418. The smallest absolute Gasteiger partial charge is 0.0934 e. The van der Waals surface area contributed by atoms with Crippen LogP contribution in [0.1, 0.15) is 47.9 Å². The molecule has 100 valence electrons. The van der Waals surface area contributed by atoms with E-state index in [2.05, 4.69) is 29.4 Å². The fraction of sp³-hybridized carbons (Fsp3) is 0.400. The molecule has 0 amide bonds. The van der Waals surface area contributed by atoms with Crippen LogP contribution in [0.15, 0.2) is 30.6 Å². The second kappa shape index (κ2) is 5.61. The van der Waals surface area contributed by atoms with Crippen LogP contribution in [-0.4, -0.2) is 4.98 Å². The molecule has 2 aromatic heterocycles. The summed E-state index contributed by atoms with van der Waals surface area (Å²) in [5, 5.41) is 3.71. The van der Waals surface area contributed by atoms with Crippen LogP contribution in [0.4, 0.5) is 0 Å². The van der Waals surface area contributed by atoms with Crippen LogP contribution in [0, 0.1) is 0 Å². The van der Waals surface area contributed by atoms with Gasteiger partial charge >= 0.3 is 0 Å². The first-order valence-electron chi connectivity index (χ1n) is 6.68. The Morgan fingerprint density at radius 3 is 3.21 bits per heavy atom. The Labute approximate surface area is 122 Å². The Kier molecular flexibility index (Phi) is 3.87. The molecule has 0 saturated carbocycles. The highest BCUT2D eigenvalue weighted by atomic mass is 35.5. The maximum atomic E-state index is 6.15. The van der Waals surface area contributed by atoms with E-state index >= 15 is 0 Å². The predicted octanol–water partition coefficient (Wildman–Crippen LogP) is 4.52. The average molecular weight is 293 g/mol. The van der Waals surface area contributed by atoms with E-state index < -0.39 is 0 Å². The van der Waals surface area contributed by atoms with Crippen molar-refractivity contribution < 1.29 is 0 Å². The monoisotopic (exact) mass is 292 g/mol. The molecule has 19 heavy (non-hydrogen) atoms. The highest BCUT2D eigenvalue weighted by Gasteiger charge is 2.24. The zero-order valence-electron chi connectivity index (χ0n) is 10.9. The van der Waals surface area contributed by atoms with E-state index in [-0.39, 0.29) is 0 Å². The number of aryl methyl sites for hydroxylation is 1. The predicted molar refractivity (Wildman–Crippen MR) is 80.8 cm³/mol. The number of hydrogen-bond donors (Lipinski definition) is 1. The second-order valence-electron chi connectivity index (χ2n) is 5.05. The molecule has 0 radical (unpaired) electrons. The van der Waals surface area contributed by atoms with Gasteiger partial charge in [0, 0.05) is 29.4 Å². The van der Waals surface area contributed by atoms with E-state index in [0.29, 0.717) is 12.1 Å². The van der Waals surface area contributed by atoms with E-state index in [1.807, 2.05) is 18.5 Å². The highest BCUT2D eigenvalue weighted by Crippen LogP contribution is 2.38. The quantitative estimate of drug-likeness (QED) is 0.899. The zero-order chi connectivity index (χ0) is 13.2. The lowest BCUT2D eigenvalue weighted by atomic mass is 9.93. The summed E-state index contributed by atoms with van der Waals surface area (Å²) in [5.74, 6) is 0. The minimum atomic E-state index is 0.309. The van der Waals surface area contributed by atoms with E-state index in [4.69, 9.17) is 11.6 Å². The number of hydrogen-bond acceptors (Lipinski definition) is 3. The van der Waals surface area contributed by atoms with Gasteiger partial charge in [-0.3, -0.25) is 4.98 Å². The van der Waals surface area contributed by atoms with Crippen LogP contribution in [0.2, 0.25) is 4.34 Å². The minimum absolute atomic E-state index is 0.309. The van der Waals surface area contributed by atoms with Crippen molar-refractivity contribution in [3.8, 4) is 0 Å². The number of nitrogens with one attached hydrogen (secondary N) is 1. The van der Waals surface area contributed by atoms with E-state index in [0.717, 1.165) is 4.34 Å². The molecule has 0 saturated heterocycles. The first-order valence-corrected chi connectivity index (χ1v) is 7.87. The molecule has 0 aliphatic heterocycles. The number of pyridine rings is 1. The van der Waals surface area contributed by atoms with E-state index in [1.54, 1.807) is 11.3 Å². The summed E-state index contributed by atoms with van der Waals surface area (Å²) in [6, 6.07) is 6.97. The number of fused-ring (bicyclic) bond motifs is 1. The van der Waals surface area contributed by atoms with Gasteiger partial charge in [-0.2, -0.15) is 0 Å². The summed E-state index contributed by atoms with van der Waals surface area (Å²) >= 11 is 7.88. The normalized spacial score (nSPS) is 20.0. The molecule has 0 fully saturated rings. The fourth-order valence-corrected chi connectivity index (χ4v) is 4.11. The molecule has 2 heterocycles. The van der Waals surface area contributed by atoms with Gasteiger partial charge in [0.25, 0.3) is 0 Å². The summed E-state index contributed by atoms with van der Waals surface area (Å²) < 4.78 is 0.910. The third-order valence-corrected chi connectivity index (χ3v) is 5.06. The van der Waals surface area contributed by atoms with Crippen LogP contribution < -0.4 is 5.32 Å². The topological polar surface area (TPSA) is 24.9 Å². The van der Waals surface area contributed by atoms with Crippen molar-refractivity contribution in [2.45, 2.75) is 38.3 Å². The molecule has 1 aliphatic rings. The molecule has 1 aliphatic carbocycles. The molecular formula is C15H17ClN2S. The van der Waals surface area contributed by atoms with E-state index in [9.17, 15) is 0 Å². The second-order valence-corrected chi connectivity index (χ2v) is 6.82. The Morgan fingerprint density at radius 1 is 1.53 bits per heavy atom. The Balaban J connectivity index is 1.77. The summed E-state index contributed by atoms with van der Waals surface area (Å²) in [7, 11) is 0. The Bertz CT molecular complexity index is 553. The summed E-state index contributed by atoms with van der Waals surface area (Å²) in [5.41, 5.74) is 2.63. The number of halogens is 1. The molecule has 1 unspecified atom stereocenters. The van der Waals surface area contributed by atoms with Gasteiger partial charge in [-0.05, 0) is 49.4 Å². The van der Waals surface area contributed by atoms with Gasteiger partial charge in [-0.25, -0.2) is 0 Å².